The zero-order valence-electron chi connectivity index (χ0n) is 8.63. The van der Waals surface area contributed by atoms with Gasteiger partial charge in [-0.3, -0.25) is 4.79 Å². The van der Waals surface area contributed by atoms with Crippen LogP contribution in [0.5, 0.6) is 0 Å². The van der Waals surface area contributed by atoms with Crippen molar-refractivity contribution in [2.75, 3.05) is 19.7 Å². The van der Waals surface area contributed by atoms with Gasteiger partial charge in [0.1, 0.15) is 0 Å². The maximum atomic E-state index is 10.7. The standard InChI is InChI=1S/C9H18N2O3/c1-8(2,6-12)11-9(3-7(13)14)4-10-5-9/h10-12H,3-6H2,1-2H3,(H,13,14). The maximum absolute atomic E-state index is 10.7. The summed E-state index contributed by atoms with van der Waals surface area (Å²) in [5.41, 5.74) is -0.824. The Morgan fingerprint density at radius 3 is 2.43 bits per heavy atom. The minimum Gasteiger partial charge on any atom is -0.481 e. The Morgan fingerprint density at radius 2 is 2.14 bits per heavy atom. The number of carbonyl (C=O) groups is 1. The summed E-state index contributed by atoms with van der Waals surface area (Å²) in [5, 5.41) is 24.1. The Hall–Kier alpha value is -0.650. The van der Waals surface area contributed by atoms with E-state index in [2.05, 4.69) is 10.6 Å². The highest BCUT2D eigenvalue weighted by molar-refractivity contribution is 5.68. The van der Waals surface area contributed by atoms with Gasteiger partial charge in [-0.25, -0.2) is 0 Å². The fraction of sp³-hybridized carbons (Fsp3) is 0.889. The second kappa shape index (κ2) is 3.84. The van der Waals surface area contributed by atoms with Crippen LogP contribution in [0.25, 0.3) is 0 Å². The van der Waals surface area contributed by atoms with E-state index in [1.54, 1.807) is 0 Å². The Morgan fingerprint density at radius 1 is 1.57 bits per heavy atom. The van der Waals surface area contributed by atoms with Gasteiger partial charge in [0.2, 0.25) is 0 Å². The fourth-order valence-electron chi connectivity index (χ4n) is 1.73. The molecule has 5 nitrogen and oxygen atoms in total. The van der Waals surface area contributed by atoms with Crippen LogP contribution in [0.3, 0.4) is 0 Å². The second-order valence-corrected chi connectivity index (χ2v) is 4.62. The van der Waals surface area contributed by atoms with Crippen molar-refractivity contribution in [1.29, 1.82) is 0 Å². The summed E-state index contributed by atoms with van der Waals surface area (Å²) in [6.45, 7) is 4.99. The van der Waals surface area contributed by atoms with Crippen molar-refractivity contribution in [1.82, 2.24) is 10.6 Å². The van der Waals surface area contributed by atoms with Crippen LogP contribution in [-0.2, 0) is 4.79 Å². The smallest absolute Gasteiger partial charge is 0.305 e. The molecule has 0 saturated carbocycles. The zero-order chi connectivity index (χ0) is 10.8. The number of aliphatic hydroxyl groups excluding tert-OH is 1. The monoisotopic (exact) mass is 202 g/mol. The number of aliphatic carboxylic acids is 1. The Bertz CT molecular complexity index is 224. The number of rotatable bonds is 5. The molecule has 0 unspecified atom stereocenters. The Balaban J connectivity index is 2.57. The van der Waals surface area contributed by atoms with E-state index < -0.39 is 17.0 Å². The molecule has 1 aliphatic rings. The van der Waals surface area contributed by atoms with E-state index >= 15 is 0 Å². The van der Waals surface area contributed by atoms with E-state index in [-0.39, 0.29) is 13.0 Å². The molecule has 1 heterocycles. The zero-order valence-corrected chi connectivity index (χ0v) is 8.63. The van der Waals surface area contributed by atoms with Gasteiger partial charge in [0, 0.05) is 18.6 Å². The van der Waals surface area contributed by atoms with E-state index in [9.17, 15) is 4.79 Å². The molecule has 5 heteroatoms. The largest absolute Gasteiger partial charge is 0.481 e. The second-order valence-electron chi connectivity index (χ2n) is 4.62. The lowest BCUT2D eigenvalue weighted by Gasteiger charge is -2.47. The van der Waals surface area contributed by atoms with Crippen molar-refractivity contribution in [3.63, 3.8) is 0 Å². The molecule has 0 bridgehead atoms. The third-order valence-corrected chi connectivity index (χ3v) is 2.42. The van der Waals surface area contributed by atoms with Crippen LogP contribution in [0.4, 0.5) is 0 Å². The third-order valence-electron chi connectivity index (χ3n) is 2.42. The normalized spacial score (nSPS) is 20.2. The van der Waals surface area contributed by atoms with Crippen LogP contribution >= 0.6 is 0 Å². The Kier molecular flexibility index (Phi) is 3.14. The molecule has 1 fully saturated rings. The molecule has 0 amide bonds. The van der Waals surface area contributed by atoms with Crippen LogP contribution < -0.4 is 10.6 Å². The summed E-state index contributed by atoms with van der Waals surface area (Å²) in [7, 11) is 0. The summed E-state index contributed by atoms with van der Waals surface area (Å²) < 4.78 is 0. The number of nitrogens with one attached hydrogen (secondary N) is 2. The van der Waals surface area contributed by atoms with Crippen LogP contribution in [0.1, 0.15) is 20.3 Å². The van der Waals surface area contributed by atoms with Crippen LogP contribution in [-0.4, -0.2) is 47.0 Å². The third kappa shape index (κ3) is 2.67. The molecule has 0 aromatic rings. The summed E-state index contributed by atoms with van der Waals surface area (Å²) >= 11 is 0. The van der Waals surface area contributed by atoms with Gasteiger partial charge in [-0.05, 0) is 13.8 Å². The minimum atomic E-state index is -0.812. The van der Waals surface area contributed by atoms with Crippen molar-refractivity contribution in [2.24, 2.45) is 0 Å². The summed E-state index contributed by atoms with van der Waals surface area (Å²) in [6, 6.07) is 0. The molecular weight excluding hydrogens is 184 g/mol. The van der Waals surface area contributed by atoms with Crippen molar-refractivity contribution in [2.45, 2.75) is 31.3 Å². The average molecular weight is 202 g/mol. The highest BCUT2D eigenvalue weighted by atomic mass is 16.4. The predicted octanol–water partition coefficient (Wildman–Crippen LogP) is -0.836. The highest BCUT2D eigenvalue weighted by Crippen LogP contribution is 2.20. The van der Waals surface area contributed by atoms with Crippen molar-refractivity contribution < 1.29 is 15.0 Å². The first-order valence-corrected chi connectivity index (χ1v) is 4.72. The van der Waals surface area contributed by atoms with E-state index in [1.807, 2.05) is 13.8 Å². The van der Waals surface area contributed by atoms with Gasteiger partial charge in [0.05, 0.1) is 18.6 Å². The number of hydrogen-bond acceptors (Lipinski definition) is 4. The first-order chi connectivity index (χ1) is 6.39. The van der Waals surface area contributed by atoms with E-state index in [4.69, 9.17) is 10.2 Å². The van der Waals surface area contributed by atoms with Gasteiger partial charge in [-0.15, -0.1) is 0 Å². The first kappa shape index (κ1) is 11.4. The average Bonchev–Trinajstić information content (AvgIpc) is 1.99. The van der Waals surface area contributed by atoms with E-state index in [1.165, 1.54) is 0 Å². The van der Waals surface area contributed by atoms with Gasteiger partial charge in [-0.1, -0.05) is 0 Å². The van der Waals surface area contributed by atoms with Gasteiger partial charge >= 0.3 is 5.97 Å². The van der Waals surface area contributed by atoms with Gasteiger partial charge in [-0.2, -0.15) is 0 Å². The lowest BCUT2D eigenvalue weighted by atomic mass is 9.85. The summed E-state index contributed by atoms with van der Waals surface area (Å²) in [5.74, 6) is -0.812. The molecule has 0 aliphatic carbocycles. The highest BCUT2D eigenvalue weighted by Gasteiger charge is 2.42. The number of carboxylic acid groups (broad SMARTS) is 1. The predicted molar refractivity (Wildman–Crippen MR) is 52.2 cm³/mol. The van der Waals surface area contributed by atoms with E-state index in [0.717, 1.165) is 0 Å². The van der Waals surface area contributed by atoms with Crippen molar-refractivity contribution in [3.05, 3.63) is 0 Å². The van der Waals surface area contributed by atoms with Gasteiger partial charge < -0.3 is 20.8 Å². The van der Waals surface area contributed by atoms with Gasteiger partial charge in [0.15, 0.2) is 0 Å². The van der Waals surface area contributed by atoms with Crippen LogP contribution in [0.2, 0.25) is 0 Å². The molecule has 1 rings (SSSR count). The number of hydrogen-bond donors (Lipinski definition) is 4. The van der Waals surface area contributed by atoms with E-state index in [0.29, 0.717) is 13.1 Å². The molecule has 4 N–H and O–H groups in total. The first-order valence-electron chi connectivity index (χ1n) is 4.72. The fourth-order valence-corrected chi connectivity index (χ4v) is 1.73. The molecule has 0 aromatic heterocycles. The molecule has 0 spiro atoms. The van der Waals surface area contributed by atoms with Gasteiger partial charge in [0.25, 0.3) is 0 Å². The lowest BCUT2D eigenvalue weighted by molar-refractivity contribution is -0.139. The molecule has 0 radical (unpaired) electrons. The molecule has 1 aliphatic heterocycles. The lowest BCUT2D eigenvalue weighted by Crippen LogP contribution is -2.72. The van der Waals surface area contributed by atoms with Crippen molar-refractivity contribution >= 4 is 5.97 Å². The maximum Gasteiger partial charge on any atom is 0.305 e. The molecule has 0 aromatic carbocycles. The molecule has 14 heavy (non-hydrogen) atoms. The van der Waals surface area contributed by atoms with Crippen LogP contribution in [0, 0.1) is 0 Å². The minimum absolute atomic E-state index is 0.00559. The Labute approximate surface area is 83.5 Å². The summed E-state index contributed by atoms with van der Waals surface area (Å²) in [4.78, 5) is 10.7. The van der Waals surface area contributed by atoms with Crippen molar-refractivity contribution in [3.8, 4) is 0 Å². The molecule has 1 saturated heterocycles. The number of carboxylic acids is 1. The number of aliphatic hydroxyl groups is 1. The van der Waals surface area contributed by atoms with Crippen LogP contribution in [0.15, 0.2) is 0 Å². The molecular formula is C9H18N2O3. The topological polar surface area (TPSA) is 81.6 Å². The quantitative estimate of drug-likeness (QED) is 0.467. The summed E-state index contributed by atoms with van der Waals surface area (Å²) in [6.07, 6.45) is 0.0867. The molecule has 0 atom stereocenters. The molecule has 82 valence electrons. The SMILES string of the molecule is CC(C)(CO)NC1(CC(=O)O)CNC1.